The summed E-state index contributed by atoms with van der Waals surface area (Å²) >= 11 is 0. The summed E-state index contributed by atoms with van der Waals surface area (Å²) in [4.78, 5) is 35.8. The number of hydrogen-bond acceptors (Lipinski definition) is 5. The van der Waals surface area contributed by atoms with E-state index >= 15 is 0 Å². The van der Waals surface area contributed by atoms with Gasteiger partial charge in [-0.15, -0.1) is 0 Å². The summed E-state index contributed by atoms with van der Waals surface area (Å²) in [6.07, 6.45) is 10.2. The fourth-order valence-corrected chi connectivity index (χ4v) is 2.87. The number of carbonyl (C=O) groups is 3. The third kappa shape index (κ3) is 12.9. The van der Waals surface area contributed by atoms with Gasteiger partial charge < -0.3 is 14.7 Å². The number of esters is 2. The number of amides is 1. The summed E-state index contributed by atoms with van der Waals surface area (Å²) in [7, 11) is 0. The van der Waals surface area contributed by atoms with E-state index in [0.29, 0.717) is 13.1 Å². The maximum atomic E-state index is 12.2. The van der Waals surface area contributed by atoms with E-state index in [1.807, 2.05) is 6.92 Å². The van der Waals surface area contributed by atoms with Crippen molar-refractivity contribution in [1.29, 1.82) is 0 Å². The standard InChI is InChI=1S/C20H37NO5/c1-4-6-7-8-9-10-11-12-13-14-15-21(5-2)20(25)18(23)16-19(24)26-17(3)22/h18,23H,4-16H2,1-3H3. The highest BCUT2D eigenvalue weighted by Gasteiger charge is 2.24. The van der Waals surface area contributed by atoms with Crippen LogP contribution in [0.15, 0.2) is 0 Å². The monoisotopic (exact) mass is 371 g/mol. The molecule has 0 aromatic carbocycles. The van der Waals surface area contributed by atoms with Crippen molar-refractivity contribution in [2.24, 2.45) is 0 Å². The van der Waals surface area contributed by atoms with Crippen LogP contribution in [0.2, 0.25) is 0 Å². The van der Waals surface area contributed by atoms with E-state index in [2.05, 4.69) is 11.7 Å². The highest BCUT2D eigenvalue weighted by atomic mass is 16.6. The molecule has 0 saturated heterocycles. The summed E-state index contributed by atoms with van der Waals surface area (Å²) in [6, 6.07) is 0. The normalized spacial score (nSPS) is 11.8. The number of carbonyl (C=O) groups excluding carboxylic acids is 3. The van der Waals surface area contributed by atoms with E-state index in [9.17, 15) is 19.5 Å². The molecule has 1 unspecified atom stereocenters. The first kappa shape index (κ1) is 24.6. The summed E-state index contributed by atoms with van der Waals surface area (Å²) in [6.45, 7) is 6.23. The van der Waals surface area contributed by atoms with Gasteiger partial charge in [0.2, 0.25) is 0 Å². The molecule has 0 fully saturated rings. The number of rotatable bonds is 15. The van der Waals surface area contributed by atoms with Crippen LogP contribution in [0.4, 0.5) is 0 Å². The van der Waals surface area contributed by atoms with Crippen LogP contribution >= 0.6 is 0 Å². The van der Waals surface area contributed by atoms with Crippen molar-refractivity contribution in [3.8, 4) is 0 Å². The molecule has 0 rings (SSSR count). The van der Waals surface area contributed by atoms with Gasteiger partial charge in [0.25, 0.3) is 5.91 Å². The van der Waals surface area contributed by atoms with E-state index in [-0.39, 0.29) is 0 Å². The second-order valence-corrected chi connectivity index (χ2v) is 6.79. The van der Waals surface area contributed by atoms with Crippen LogP contribution in [0.25, 0.3) is 0 Å². The first-order chi connectivity index (χ1) is 12.4. The van der Waals surface area contributed by atoms with Crippen LogP contribution in [0, 0.1) is 0 Å². The minimum atomic E-state index is -1.45. The topological polar surface area (TPSA) is 83.9 Å². The van der Waals surface area contributed by atoms with Gasteiger partial charge in [0, 0.05) is 20.0 Å². The molecule has 1 amide bonds. The molecule has 6 nitrogen and oxygen atoms in total. The van der Waals surface area contributed by atoms with Crippen molar-refractivity contribution in [2.45, 2.75) is 97.5 Å². The van der Waals surface area contributed by atoms with Crippen molar-refractivity contribution in [2.75, 3.05) is 13.1 Å². The Hall–Kier alpha value is -1.43. The quantitative estimate of drug-likeness (QED) is 0.270. The lowest BCUT2D eigenvalue weighted by molar-refractivity contribution is -0.161. The summed E-state index contributed by atoms with van der Waals surface area (Å²) in [5.74, 6) is -2.11. The van der Waals surface area contributed by atoms with Crippen molar-refractivity contribution in [3.05, 3.63) is 0 Å². The minimum absolute atomic E-state index is 0.481. The zero-order valence-electron chi connectivity index (χ0n) is 16.8. The number of hydrogen-bond donors (Lipinski definition) is 1. The first-order valence-electron chi connectivity index (χ1n) is 10.1. The summed E-state index contributed by atoms with van der Waals surface area (Å²) in [5.41, 5.74) is 0. The second kappa shape index (κ2) is 15.8. The molecule has 0 saturated carbocycles. The fourth-order valence-electron chi connectivity index (χ4n) is 2.87. The molecule has 1 atom stereocenters. The molecule has 0 aromatic heterocycles. The number of likely N-dealkylation sites (N-methyl/N-ethyl adjacent to an activating group) is 1. The van der Waals surface area contributed by atoms with Gasteiger partial charge in [0.1, 0.15) is 6.10 Å². The molecular weight excluding hydrogens is 334 g/mol. The molecule has 1 N–H and O–H groups in total. The van der Waals surface area contributed by atoms with Gasteiger partial charge in [0.15, 0.2) is 0 Å². The van der Waals surface area contributed by atoms with Crippen LogP contribution in [-0.2, 0) is 19.1 Å². The molecule has 152 valence electrons. The predicted octanol–water partition coefficient (Wildman–Crippen LogP) is 3.60. The molecule has 0 spiro atoms. The molecule has 6 heteroatoms. The Balaban J connectivity index is 3.87. The lowest BCUT2D eigenvalue weighted by Gasteiger charge is -2.23. The van der Waals surface area contributed by atoms with Crippen LogP contribution in [0.5, 0.6) is 0 Å². The maximum absolute atomic E-state index is 12.2. The highest BCUT2D eigenvalue weighted by molar-refractivity contribution is 5.89. The molecule has 0 aliphatic rings. The molecule has 26 heavy (non-hydrogen) atoms. The first-order valence-corrected chi connectivity index (χ1v) is 10.1. The molecule has 0 heterocycles. The zero-order valence-corrected chi connectivity index (χ0v) is 16.8. The average Bonchev–Trinajstić information content (AvgIpc) is 2.58. The SMILES string of the molecule is CCCCCCCCCCCCN(CC)C(=O)C(O)CC(=O)OC(C)=O. The third-order valence-electron chi connectivity index (χ3n) is 4.38. The Labute approximate surface area is 158 Å². The number of aliphatic hydroxyl groups is 1. The van der Waals surface area contributed by atoms with E-state index < -0.39 is 30.4 Å². The lowest BCUT2D eigenvalue weighted by atomic mass is 10.1. The van der Waals surface area contributed by atoms with Crippen LogP contribution in [0.3, 0.4) is 0 Å². The number of unbranched alkanes of at least 4 members (excludes halogenated alkanes) is 9. The Bertz CT molecular complexity index is 411. The molecule has 0 aliphatic carbocycles. The van der Waals surface area contributed by atoms with Gasteiger partial charge in [0.05, 0.1) is 6.42 Å². The molecular formula is C20H37NO5. The van der Waals surface area contributed by atoms with Gasteiger partial charge in [-0.05, 0) is 13.3 Å². The van der Waals surface area contributed by atoms with Gasteiger partial charge in [-0.25, -0.2) is 0 Å². The van der Waals surface area contributed by atoms with E-state index in [1.54, 1.807) is 4.90 Å². The summed E-state index contributed by atoms with van der Waals surface area (Å²) < 4.78 is 4.34. The van der Waals surface area contributed by atoms with Crippen molar-refractivity contribution >= 4 is 17.8 Å². The molecule has 0 aromatic rings. The van der Waals surface area contributed by atoms with Crippen molar-refractivity contribution < 1.29 is 24.2 Å². The fraction of sp³-hybridized carbons (Fsp3) is 0.850. The Kier molecular flexibility index (Phi) is 14.9. The minimum Gasteiger partial charge on any atom is -0.393 e. The van der Waals surface area contributed by atoms with Gasteiger partial charge in [-0.2, -0.15) is 0 Å². The number of aliphatic hydroxyl groups excluding tert-OH is 1. The molecule has 0 bridgehead atoms. The Morgan fingerprint density at radius 2 is 1.38 bits per heavy atom. The average molecular weight is 372 g/mol. The molecule has 0 radical (unpaired) electrons. The van der Waals surface area contributed by atoms with Gasteiger partial charge >= 0.3 is 11.9 Å². The highest BCUT2D eigenvalue weighted by Crippen LogP contribution is 2.11. The number of nitrogens with zero attached hydrogens (tertiary/aromatic N) is 1. The smallest absolute Gasteiger partial charge is 0.316 e. The van der Waals surface area contributed by atoms with Gasteiger partial charge in [-0.1, -0.05) is 64.7 Å². The Morgan fingerprint density at radius 3 is 1.85 bits per heavy atom. The summed E-state index contributed by atoms with van der Waals surface area (Å²) in [5, 5.41) is 9.86. The molecule has 0 aliphatic heterocycles. The number of ether oxygens (including phenoxy) is 1. The maximum Gasteiger partial charge on any atom is 0.316 e. The lowest BCUT2D eigenvalue weighted by Crippen LogP contribution is -2.40. The Morgan fingerprint density at radius 1 is 0.885 bits per heavy atom. The van der Waals surface area contributed by atoms with Gasteiger partial charge in [-0.3, -0.25) is 14.4 Å². The van der Waals surface area contributed by atoms with Crippen LogP contribution in [-0.4, -0.2) is 47.0 Å². The third-order valence-corrected chi connectivity index (χ3v) is 4.38. The van der Waals surface area contributed by atoms with E-state index in [1.165, 1.54) is 44.9 Å². The largest absolute Gasteiger partial charge is 0.393 e. The predicted molar refractivity (Wildman–Crippen MR) is 101 cm³/mol. The van der Waals surface area contributed by atoms with Crippen LogP contribution in [0.1, 0.15) is 91.4 Å². The van der Waals surface area contributed by atoms with Crippen molar-refractivity contribution in [3.63, 3.8) is 0 Å². The van der Waals surface area contributed by atoms with Crippen LogP contribution < -0.4 is 0 Å². The van der Waals surface area contributed by atoms with E-state index in [0.717, 1.165) is 26.2 Å². The second-order valence-electron chi connectivity index (χ2n) is 6.79. The van der Waals surface area contributed by atoms with E-state index in [4.69, 9.17) is 0 Å². The van der Waals surface area contributed by atoms with Crippen molar-refractivity contribution in [1.82, 2.24) is 4.90 Å². The zero-order chi connectivity index (χ0) is 19.8.